The summed E-state index contributed by atoms with van der Waals surface area (Å²) in [7, 11) is 1.69. The van der Waals surface area contributed by atoms with Crippen molar-refractivity contribution in [3.05, 3.63) is 101 Å². The number of ether oxygens (including phenoxy) is 1. The van der Waals surface area contributed by atoms with E-state index in [1.54, 1.807) is 18.9 Å². The van der Waals surface area contributed by atoms with Crippen LogP contribution in [0.3, 0.4) is 0 Å². The molecule has 164 valence electrons. The minimum atomic E-state index is 0.724. The van der Waals surface area contributed by atoms with Crippen molar-refractivity contribution in [2.75, 3.05) is 19.4 Å². The van der Waals surface area contributed by atoms with Crippen molar-refractivity contribution in [3.63, 3.8) is 0 Å². The van der Waals surface area contributed by atoms with Gasteiger partial charge in [0.2, 0.25) is 0 Å². The first-order valence-corrected chi connectivity index (χ1v) is 12.1. The zero-order valence-corrected chi connectivity index (χ0v) is 19.9. The van der Waals surface area contributed by atoms with Gasteiger partial charge >= 0.3 is 0 Å². The second-order valence-electron chi connectivity index (χ2n) is 8.16. The Bertz CT molecular complexity index is 1360. The van der Waals surface area contributed by atoms with Gasteiger partial charge in [0.1, 0.15) is 5.75 Å². The highest BCUT2D eigenvalue weighted by Gasteiger charge is 2.27. The zero-order chi connectivity index (χ0) is 22.8. The maximum atomic E-state index is 5.25. The standard InChI is InChI=1S/C29H26N2OS/c1-19-7-4-8-20(2)27(19)31-29-25-12-6-10-21-9-5-11-24(26(21)25)28(29)30-17-18-33-23-15-13-22(32-3)14-16-23/h4-16H,17-18H2,1-3H3/b30-28+,31-29+. The van der Waals surface area contributed by atoms with Gasteiger partial charge in [0.05, 0.1) is 24.2 Å². The average Bonchev–Trinajstić information content (AvgIpc) is 3.14. The van der Waals surface area contributed by atoms with Crippen LogP contribution in [-0.4, -0.2) is 30.8 Å². The molecule has 0 unspecified atom stereocenters. The summed E-state index contributed by atoms with van der Waals surface area (Å²) in [5.74, 6) is 1.78. The number of benzene rings is 4. The van der Waals surface area contributed by atoms with Crippen molar-refractivity contribution in [2.45, 2.75) is 18.7 Å². The smallest absolute Gasteiger partial charge is 0.118 e. The molecule has 33 heavy (non-hydrogen) atoms. The molecule has 0 aliphatic heterocycles. The molecule has 1 aliphatic rings. The molecule has 0 atom stereocenters. The molecule has 4 aromatic carbocycles. The third-order valence-electron chi connectivity index (χ3n) is 5.99. The molecular weight excluding hydrogens is 424 g/mol. The highest BCUT2D eigenvalue weighted by molar-refractivity contribution is 7.99. The topological polar surface area (TPSA) is 34.0 Å². The first-order chi connectivity index (χ1) is 16.2. The van der Waals surface area contributed by atoms with E-state index >= 15 is 0 Å². The molecule has 0 amide bonds. The van der Waals surface area contributed by atoms with Gasteiger partial charge in [0, 0.05) is 33.7 Å². The van der Waals surface area contributed by atoms with E-state index < -0.39 is 0 Å². The van der Waals surface area contributed by atoms with Gasteiger partial charge in [-0.25, -0.2) is 4.99 Å². The number of hydrogen-bond donors (Lipinski definition) is 0. The van der Waals surface area contributed by atoms with Crippen LogP contribution in [0.1, 0.15) is 22.3 Å². The Morgan fingerprint density at radius 1 is 0.758 bits per heavy atom. The molecule has 0 N–H and O–H groups in total. The number of para-hydroxylation sites is 1. The maximum Gasteiger partial charge on any atom is 0.118 e. The Morgan fingerprint density at radius 2 is 1.39 bits per heavy atom. The van der Waals surface area contributed by atoms with Crippen LogP contribution in [0.2, 0.25) is 0 Å². The molecule has 1 aliphatic carbocycles. The van der Waals surface area contributed by atoms with Crippen molar-refractivity contribution in [1.82, 2.24) is 0 Å². The van der Waals surface area contributed by atoms with Gasteiger partial charge in [-0.3, -0.25) is 4.99 Å². The van der Waals surface area contributed by atoms with E-state index in [9.17, 15) is 0 Å². The molecule has 0 saturated heterocycles. The summed E-state index contributed by atoms with van der Waals surface area (Å²) < 4.78 is 5.25. The second kappa shape index (κ2) is 9.24. The molecular formula is C29H26N2OS. The lowest BCUT2D eigenvalue weighted by Crippen LogP contribution is -2.12. The van der Waals surface area contributed by atoms with Crippen molar-refractivity contribution in [2.24, 2.45) is 9.98 Å². The fraction of sp³-hybridized carbons (Fsp3) is 0.172. The van der Waals surface area contributed by atoms with E-state index in [4.69, 9.17) is 14.7 Å². The molecule has 0 aromatic heterocycles. The van der Waals surface area contributed by atoms with Crippen LogP contribution >= 0.6 is 11.8 Å². The van der Waals surface area contributed by atoms with Gasteiger partial charge in [-0.05, 0) is 54.6 Å². The molecule has 0 fully saturated rings. The molecule has 0 heterocycles. The Morgan fingerprint density at radius 3 is 2.06 bits per heavy atom. The number of aryl methyl sites for hydroxylation is 2. The lowest BCUT2D eigenvalue weighted by molar-refractivity contribution is 0.414. The first kappa shape index (κ1) is 21.5. The highest BCUT2D eigenvalue weighted by Crippen LogP contribution is 2.34. The summed E-state index contributed by atoms with van der Waals surface area (Å²) in [6.45, 7) is 4.97. The summed E-state index contributed by atoms with van der Waals surface area (Å²) in [6.07, 6.45) is 0. The normalized spacial score (nSPS) is 15.0. The SMILES string of the molecule is COc1ccc(SCC/N=C2/C(=N/c3c(C)cccc3C)c3cccc4cccc2c34)cc1. The van der Waals surface area contributed by atoms with E-state index in [0.29, 0.717) is 0 Å². The minimum Gasteiger partial charge on any atom is -0.497 e. The monoisotopic (exact) mass is 450 g/mol. The van der Waals surface area contributed by atoms with Gasteiger partial charge in [-0.2, -0.15) is 0 Å². The fourth-order valence-electron chi connectivity index (χ4n) is 4.35. The lowest BCUT2D eigenvalue weighted by atomic mass is 10.1. The first-order valence-electron chi connectivity index (χ1n) is 11.1. The molecule has 4 heteroatoms. The zero-order valence-electron chi connectivity index (χ0n) is 19.1. The van der Waals surface area contributed by atoms with Gasteiger partial charge < -0.3 is 4.74 Å². The quantitative estimate of drug-likeness (QED) is 0.230. The van der Waals surface area contributed by atoms with E-state index in [1.165, 1.54) is 37.9 Å². The average molecular weight is 451 g/mol. The van der Waals surface area contributed by atoms with Gasteiger partial charge in [-0.15, -0.1) is 11.8 Å². The Balaban J connectivity index is 1.50. The van der Waals surface area contributed by atoms with Crippen LogP contribution in [0.15, 0.2) is 93.7 Å². The predicted molar refractivity (Wildman–Crippen MR) is 141 cm³/mol. The van der Waals surface area contributed by atoms with Gasteiger partial charge in [0.25, 0.3) is 0 Å². The van der Waals surface area contributed by atoms with E-state index in [-0.39, 0.29) is 0 Å². The molecule has 0 spiro atoms. The molecule has 3 nitrogen and oxygen atoms in total. The van der Waals surface area contributed by atoms with Crippen LogP contribution in [0, 0.1) is 13.8 Å². The molecule has 0 radical (unpaired) electrons. The number of aliphatic imine (C=N–C) groups is 2. The second-order valence-corrected chi connectivity index (χ2v) is 9.33. The molecule has 4 aromatic rings. The number of methoxy groups -OCH3 is 1. The molecule has 0 saturated carbocycles. The van der Waals surface area contributed by atoms with Crippen LogP contribution in [0.25, 0.3) is 10.8 Å². The number of hydrogen-bond acceptors (Lipinski definition) is 4. The number of thioether (sulfide) groups is 1. The number of nitrogens with zero attached hydrogens (tertiary/aromatic N) is 2. The van der Waals surface area contributed by atoms with E-state index in [0.717, 1.165) is 35.2 Å². The lowest BCUT2D eigenvalue weighted by Gasteiger charge is -2.08. The largest absolute Gasteiger partial charge is 0.497 e. The summed E-state index contributed by atoms with van der Waals surface area (Å²) in [4.78, 5) is 11.5. The van der Waals surface area contributed by atoms with Crippen LogP contribution in [-0.2, 0) is 0 Å². The van der Waals surface area contributed by atoms with Gasteiger partial charge in [-0.1, -0.05) is 54.6 Å². The van der Waals surface area contributed by atoms with Crippen LogP contribution in [0.5, 0.6) is 5.75 Å². The maximum absolute atomic E-state index is 5.25. The summed E-state index contributed by atoms with van der Waals surface area (Å²) in [6, 6.07) is 27.4. The summed E-state index contributed by atoms with van der Waals surface area (Å²) >= 11 is 1.81. The number of rotatable bonds is 6. The van der Waals surface area contributed by atoms with Crippen molar-refractivity contribution >= 4 is 39.6 Å². The third-order valence-corrected chi connectivity index (χ3v) is 6.98. The minimum absolute atomic E-state index is 0.724. The van der Waals surface area contributed by atoms with Crippen molar-refractivity contribution in [3.8, 4) is 5.75 Å². The fourth-order valence-corrected chi connectivity index (χ4v) is 5.10. The molecule has 0 bridgehead atoms. The highest BCUT2D eigenvalue weighted by atomic mass is 32.2. The summed E-state index contributed by atoms with van der Waals surface area (Å²) in [5, 5.41) is 2.49. The van der Waals surface area contributed by atoms with Crippen molar-refractivity contribution < 1.29 is 4.74 Å². The third kappa shape index (κ3) is 4.19. The molecule has 5 rings (SSSR count). The predicted octanol–water partition coefficient (Wildman–Crippen LogP) is 7.18. The Labute approximate surface area is 199 Å². The van der Waals surface area contributed by atoms with Gasteiger partial charge in [0.15, 0.2) is 0 Å². The Hall–Kier alpha value is -3.37. The van der Waals surface area contributed by atoms with Crippen molar-refractivity contribution in [1.29, 1.82) is 0 Å². The van der Waals surface area contributed by atoms with Crippen LogP contribution < -0.4 is 4.74 Å². The van der Waals surface area contributed by atoms with E-state index in [1.807, 2.05) is 12.1 Å². The summed E-state index contributed by atoms with van der Waals surface area (Å²) in [5.41, 5.74) is 7.74. The Kier molecular flexibility index (Phi) is 6.01. The van der Waals surface area contributed by atoms with Crippen LogP contribution in [0.4, 0.5) is 5.69 Å². The van der Waals surface area contributed by atoms with E-state index in [2.05, 4.69) is 80.6 Å².